The molecule has 0 bridgehead atoms. The number of carbonyl (C=O) groups is 1. The van der Waals surface area contributed by atoms with Crippen molar-refractivity contribution in [2.45, 2.75) is 20.8 Å². The van der Waals surface area contributed by atoms with Gasteiger partial charge in [-0.2, -0.15) is 0 Å². The summed E-state index contributed by atoms with van der Waals surface area (Å²) in [5.74, 6) is 0.135. The van der Waals surface area contributed by atoms with E-state index in [0.717, 1.165) is 28.7 Å². The summed E-state index contributed by atoms with van der Waals surface area (Å²) in [7, 11) is 1.15. The fourth-order valence-corrected chi connectivity index (χ4v) is 2.05. The van der Waals surface area contributed by atoms with Crippen LogP contribution >= 0.6 is 0 Å². The highest BCUT2D eigenvalue weighted by molar-refractivity contribution is 6.08. The molecule has 0 fully saturated rings. The Morgan fingerprint density at radius 3 is 2.36 bits per heavy atom. The molecule has 2 nitrogen and oxygen atoms in total. The molecule has 0 amide bonds. The van der Waals surface area contributed by atoms with Crippen molar-refractivity contribution in [2.24, 2.45) is 0 Å². The Morgan fingerprint density at radius 2 is 2.09 bits per heavy atom. The molecule has 11 heavy (non-hydrogen) atoms. The van der Waals surface area contributed by atoms with Gasteiger partial charge in [0.05, 0.1) is 0 Å². The highest BCUT2D eigenvalue weighted by atomic mass is 28.1. The number of nitrogens with zero attached hydrogens (tertiary/aromatic N) is 1. The summed E-state index contributed by atoms with van der Waals surface area (Å²) in [4.78, 5) is 12.9. The van der Waals surface area contributed by atoms with Crippen LogP contribution in [0.1, 0.15) is 20.8 Å². The van der Waals surface area contributed by atoms with Gasteiger partial charge in [0.25, 0.3) is 0 Å². The van der Waals surface area contributed by atoms with Crippen molar-refractivity contribution in [3.8, 4) is 0 Å². The van der Waals surface area contributed by atoms with Crippen molar-refractivity contribution >= 4 is 16.0 Å². The molecular formula is C8H17NOSi. The van der Waals surface area contributed by atoms with Crippen LogP contribution in [-0.4, -0.2) is 33.6 Å². The Bertz CT molecular complexity index is 161. The molecule has 0 N–H and O–H groups in total. The van der Waals surface area contributed by atoms with Crippen LogP contribution in [-0.2, 0) is 4.79 Å². The summed E-state index contributed by atoms with van der Waals surface area (Å²) in [6.45, 7) is 6.68. The Hall–Kier alpha value is -0.573. The summed E-state index contributed by atoms with van der Waals surface area (Å²) in [5, 5.41) is 0. The zero-order valence-corrected chi connectivity index (χ0v) is 9.85. The van der Waals surface area contributed by atoms with Gasteiger partial charge < -0.3 is 4.90 Å². The van der Waals surface area contributed by atoms with Gasteiger partial charge in [-0.1, -0.05) is 0 Å². The number of carbonyl (C=O) groups excluding carboxylic acids is 1. The molecule has 0 saturated carbocycles. The maximum absolute atomic E-state index is 10.7. The van der Waals surface area contributed by atoms with E-state index in [4.69, 9.17) is 0 Å². The van der Waals surface area contributed by atoms with Crippen LogP contribution in [0, 0.1) is 0 Å². The average molecular weight is 171 g/mol. The van der Waals surface area contributed by atoms with Crippen LogP contribution in [0.5, 0.6) is 0 Å². The lowest BCUT2D eigenvalue weighted by Gasteiger charge is -2.21. The van der Waals surface area contributed by atoms with E-state index in [1.54, 1.807) is 13.0 Å². The van der Waals surface area contributed by atoms with Gasteiger partial charge in [-0.25, -0.2) is 0 Å². The maximum Gasteiger partial charge on any atom is 0.154 e. The average Bonchev–Trinajstić information content (AvgIpc) is 1.88. The van der Waals surface area contributed by atoms with E-state index in [-0.39, 0.29) is 5.78 Å². The molecule has 0 saturated heterocycles. The van der Waals surface area contributed by atoms with Crippen molar-refractivity contribution in [3.05, 3.63) is 11.8 Å². The standard InChI is InChI=1S/C8H17NOSi/c1-4-9(6-11)7(2)5-8(3)10/h5H,4,6H2,1-3,11H3/b7-5-. The van der Waals surface area contributed by atoms with Crippen molar-refractivity contribution in [1.29, 1.82) is 0 Å². The minimum atomic E-state index is 0.135. The molecule has 0 aliphatic carbocycles. The molecule has 0 aliphatic rings. The van der Waals surface area contributed by atoms with Crippen LogP contribution in [0.4, 0.5) is 0 Å². The topological polar surface area (TPSA) is 20.3 Å². The summed E-state index contributed by atoms with van der Waals surface area (Å²) < 4.78 is 0. The predicted octanol–water partition coefficient (Wildman–Crippen LogP) is 0.124. The molecule has 0 unspecified atom stereocenters. The van der Waals surface area contributed by atoms with E-state index in [9.17, 15) is 4.79 Å². The minimum absolute atomic E-state index is 0.135. The number of ketones is 1. The fraction of sp³-hybridized carbons (Fsp3) is 0.625. The lowest BCUT2D eigenvalue weighted by atomic mass is 10.3. The van der Waals surface area contributed by atoms with Crippen molar-refractivity contribution < 1.29 is 4.79 Å². The molecule has 0 heterocycles. The molecule has 0 aliphatic heterocycles. The number of rotatable bonds is 4. The predicted molar refractivity (Wildman–Crippen MR) is 51.6 cm³/mol. The third-order valence-electron chi connectivity index (χ3n) is 1.67. The second-order valence-electron chi connectivity index (χ2n) is 2.57. The molecule has 3 heteroatoms. The first-order valence-electron chi connectivity index (χ1n) is 4.05. The van der Waals surface area contributed by atoms with Gasteiger partial charge in [-0.05, 0) is 26.8 Å². The number of hydrogen-bond acceptors (Lipinski definition) is 2. The fourth-order valence-electron chi connectivity index (χ4n) is 1.11. The highest BCUT2D eigenvalue weighted by Crippen LogP contribution is 2.00. The summed E-state index contributed by atoms with van der Waals surface area (Å²) in [6.07, 6.45) is 2.80. The number of hydrogen-bond donors (Lipinski definition) is 0. The highest BCUT2D eigenvalue weighted by Gasteiger charge is 1.99. The molecule has 0 spiro atoms. The van der Waals surface area contributed by atoms with E-state index >= 15 is 0 Å². The Labute approximate surface area is 71.7 Å². The molecule has 0 rings (SSSR count). The van der Waals surface area contributed by atoms with Crippen LogP contribution in [0.3, 0.4) is 0 Å². The third-order valence-corrected chi connectivity index (χ3v) is 2.44. The lowest BCUT2D eigenvalue weighted by molar-refractivity contribution is -0.112. The van der Waals surface area contributed by atoms with E-state index in [0.29, 0.717) is 0 Å². The van der Waals surface area contributed by atoms with Crippen LogP contribution in [0.15, 0.2) is 11.8 Å². The zero-order valence-electron chi connectivity index (χ0n) is 7.85. The van der Waals surface area contributed by atoms with Crippen molar-refractivity contribution in [3.63, 3.8) is 0 Å². The van der Waals surface area contributed by atoms with Crippen molar-refractivity contribution in [1.82, 2.24) is 4.90 Å². The second kappa shape index (κ2) is 5.13. The first-order chi connectivity index (χ1) is 5.11. The summed E-state index contributed by atoms with van der Waals surface area (Å²) in [6, 6.07) is 0. The third kappa shape index (κ3) is 3.98. The van der Waals surface area contributed by atoms with Crippen molar-refractivity contribution in [2.75, 3.05) is 12.7 Å². The maximum atomic E-state index is 10.7. The summed E-state index contributed by atoms with van der Waals surface area (Å²) in [5.41, 5.74) is 1.09. The summed E-state index contributed by atoms with van der Waals surface area (Å²) >= 11 is 0. The van der Waals surface area contributed by atoms with E-state index in [1.165, 1.54) is 0 Å². The molecule has 0 atom stereocenters. The first-order valence-corrected chi connectivity index (χ1v) is 5.47. The van der Waals surface area contributed by atoms with Gasteiger partial charge in [0.2, 0.25) is 0 Å². The quantitative estimate of drug-likeness (QED) is 0.442. The van der Waals surface area contributed by atoms with Gasteiger partial charge in [-0.15, -0.1) is 0 Å². The molecule has 0 aromatic rings. The van der Waals surface area contributed by atoms with Crippen LogP contribution < -0.4 is 0 Å². The molecule has 64 valence electrons. The molecule has 0 aromatic carbocycles. The second-order valence-corrected chi connectivity index (χ2v) is 3.20. The lowest BCUT2D eigenvalue weighted by Crippen LogP contribution is -2.22. The Balaban J connectivity index is 4.18. The minimum Gasteiger partial charge on any atom is -0.379 e. The molecular weight excluding hydrogens is 154 g/mol. The van der Waals surface area contributed by atoms with E-state index < -0.39 is 0 Å². The van der Waals surface area contributed by atoms with Gasteiger partial charge >= 0.3 is 0 Å². The van der Waals surface area contributed by atoms with Gasteiger partial charge in [-0.3, -0.25) is 4.79 Å². The first kappa shape index (κ1) is 10.4. The Morgan fingerprint density at radius 1 is 1.55 bits per heavy atom. The van der Waals surface area contributed by atoms with E-state index in [1.807, 2.05) is 6.92 Å². The zero-order chi connectivity index (χ0) is 8.85. The van der Waals surface area contributed by atoms with Gasteiger partial charge in [0, 0.05) is 28.7 Å². The largest absolute Gasteiger partial charge is 0.379 e. The monoisotopic (exact) mass is 171 g/mol. The Kier molecular flexibility index (Phi) is 4.86. The van der Waals surface area contributed by atoms with E-state index in [2.05, 4.69) is 11.8 Å². The van der Waals surface area contributed by atoms with Gasteiger partial charge in [0.15, 0.2) is 5.78 Å². The molecule has 0 aromatic heterocycles. The number of allylic oxidation sites excluding steroid dienone is 2. The van der Waals surface area contributed by atoms with Gasteiger partial charge in [0.1, 0.15) is 0 Å². The SMILES string of the molecule is CCN(C[SiH3])/C(C)=C\C(C)=O. The van der Waals surface area contributed by atoms with Crippen LogP contribution in [0.2, 0.25) is 0 Å². The molecule has 0 radical (unpaired) electrons. The normalized spacial score (nSPS) is 11.7. The van der Waals surface area contributed by atoms with Crippen LogP contribution in [0.25, 0.3) is 0 Å². The smallest absolute Gasteiger partial charge is 0.154 e.